The van der Waals surface area contributed by atoms with E-state index in [0.29, 0.717) is 58.1 Å². The van der Waals surface area contributed by atoms with Crippen LogP contribution in [0.4, 0.5) is 0 Å². The van der Waals surface area contributed by atoms with Gasteiger partial charge in [-0.2, -0.15) is 10.1 Å². The van der Waals surface area contributed by atoms with Crippen molar-refractivity contribution in [1.29, 1.82) is 10.8 Å². The van der Waals surface area contributed by atoms with Crippen LogP contribution in [-0.4, -0.2) is 67.9 Å². The van der Waals surface area contributed by atoms with Crippen LogP contribution in [0.15, 0.2) is 66.7 Å². The smallest absolute Gasteiger partial charge is 0.254 e. The molecule has 3 aromatic rings. The van der Waals surface area contributed by atoms with Crippen molar-refractivity contribution in [3.63, 3.8) is 0 Å². The topological polar surface area (TPSA) is 168 Å². The molecule has 240 valence electrons. The molecule has 2 aliphatic rings. The Balaban J connectivity index is 1.39. The number of likely N-dealkylation sites (tertiary alicyclic amines) is 1. The van der Waals surface area contributed by atoms with E-state index >= 15 is 0 Å². The van der Waals surface area contributed by atoms with E-state index < -0.39 is 11.8 Å². The number of rotatable bonds is 7. The highest BCUT2D eigenvalue weighted by Gasteiger charge is 2.33. The van der Waals surface area contributed by atoms with Gasteiger partial charge in [0, 0.05) is 49.7 Å². The summed E-state index contributed by atoms with van der Waals surface area (Å²) in [7, 11) is 0. The Morgan fingerprint density at radius 1 is 0.674 bits per heavy atom. The highest BCUT2D eigenvalue weighted by molar-refractivity contribution is 6.05. The van der Waals surface area contributed by atoms with Gasteiger partial charge in [0.15, 0.2) is 11.7 Å². The predicted molar refractivity (Wildman–Crippen MR) is 168 cm³/mol. The molecule has 4 N–H and O–H groups in total. The molecule has 1 saturated heterocycles. The number of carbonyl (C=O) groups is 3. The number of amides is 3. The molecule has 0 bridgehead atoms. The van der Waals surface area contributed by atoms with Crippen molar-refractivity contribution < 1.29 is 34.3 Å². The van der Waals surface area contributed by atoms with Crippen molar-refractivity contribution in [2.75, 3.05) is 13.1 Å². The van der Waals surface area contributed by atoms with Crippen molar-refractivity contribution in [2.45, 2.75) is 46.0 Å². The largest absolute Gasteiger partial charge is 0.457 e. The number of nitrogens with zero attached hydrogens (tertiary/aromatic N) is 3. The Labute approximate surface area is 266 Å². The van der Waals surface area contributed by atoms with Gasteiger partial charge >= 0.3 is 0 Å². The van der Waals surface area contributed by atoms with E-state index in [4.69, 9.17) is 20.3 Å². The molecule has 0 radical (unpaired) electrons. The summed E-state index contributed by atoms with van der Waals surface area (Å²) in [6.45, 7) is 3.70. The molecule has 1 saturated carbocycles. The zero-order valence-electron chi connectivity index (χ0n) is 25.7. The average molecular weight is 628 g/mol. The van der Waals surface area contributed by atoms with Crippen LogP contribution in [0, 0.1) is 22.7 Å². The molecule has 2 unspecified atom stereocenters. The number of hydrogen-bond acceptors (Lipinski definition) is 9. The van der Waals surface area contributed by atoms with Crippen LogP contribution >= 0.6 is 0 Å². The molecule has 12 nitrogen and oxygen atoms in total. The number of benzene rings is 3. The first-order valence-electron chi connectivity index (χ1n) is 15.2. The molecule has 1 heterocycles. The zero-order chi connectivity index (χ0) is 33.0. The monoisotopic (exact) mass is 627 g/mol. The van der Waals surface area contributed by atoms with Crippen molar-refractivity contribution in [3.8, 4) is 23.0 Å². The highest BCUT2D eigenvalue weighted by atomic mass is 16.5. The Kier molecular flexibility index (Phi) is 9.78. The second-order valence-electron chi connectivity index (χ2n) is 11.6. The van der Waals surface area contributed by atoms with Crippen LogP contribution in [0.25, 0.3) is 0 Å². The summed E-state index contributed by atoms with van der Waals surface area (Å²) in [5, 5.41) is 36.1. The van der Waals surface area contributed by atoms with Crippen LogP contribution in [0.5, 0.6) is 23.0 Å². The normalized spacial score (nSPS) is 17.3. The Morgan fingerprint density at radius 3 is 1.59 bits per heavy atom. The summed E-state index contributed by atoms with van der Waals surface area (Å²) in [5.74, 6) is 0.377. The summed E-state index contributed by atoms with van der Waals surface area (Å²) in [6.07, 6.45) is 5.79. The van der Waals surface area contributed by atoms with Crippen LogP contribution in [0.3, 0.4) is 0 Å². The van der Waals surface area contributed by atoms with Gasteiger partial charge in [-0.05, 0) is 85.3 Å². The minimum atomic E-state index is -0.689. The van der Waals surface area contributed by atoms with Crippen molar-refractivity contribution in [1.82, 2.24) is 15.0 Å². The quantitative estimate of drug-likeness (QED) is 0.107. The predicted octanol–water partition coefficient (Wildman–Crippen LogP) is 6.05. The van der Waals surface area contributed by atoms with Crippen molar-refractivity contribution in [2.24, 2.45) is 11.8 Å². The molecular weight excluding hydrogens is 590 g/mol. The number of hydrogen-bond donors (Lipinski definition) is 4. The lowest BCUT2D eigenvalue weighted by atomic mass is 9.75. The molecule has 0 aromatic heterocycles. The lowest BCUT2D eigenvalue weighted by Crippen LogP contribution is -2.44. The van der Waals surface area contributed by atoms with E-state index in [-0.39, 0.29) is 27.7 Å². The number of amidine groups is 2. The molecule has 46 heavy (non-hydrogen) atoms. The summed E-state index contributed by atoms with van der Waals surface area (Å²) in [6, 6.07) is 17.4. The number of fused-ring (bicyclic) bond motifs is 1. The SMILES string of the molecule is CC(=O)N(O)C(=N)c1ccc(Oc2cc(Oc3ccc(C(=N)N(O)C(C)=O)cc3)cc(C(=O)N3CCC4CCCCC4C3)c2)cc1. The molecule has 0 spiro atoms. The first-order chi connectivity index (χ1) is 22.0. The summed E-state index contributed by atoms with van der Waals surface area (Å²) in [5.41, 5.74) is 0.995. The summed E-state index contributed by atoms with van der Waals surface area (Å²) >= 11 is 0. The Hall–Kier alpha value is -5.07. The highest BCUT2D eigenvalue weighted by Crippen LogP contribution is 2.37. The third-order valence-electron chi connectivity index (χ3n) is 8.45. The number of ether oxygens (including phenoxy) is 2. The first-order valence-corrected chi connectivity index (χ1v) is 15.2. The third kappa shape index (κ3) is 7.41. The zero-order valence-corrected chi connectivity index (χ0v) is 25.7. The molecule has 1 aliphatic carbocycles. The van der Waals surface area contributed by atoms with Gasteiger partial charge in [0.25, 0.3) is 5.91 Å². The first kappa shape index (κ1) is 32.3. The number of hydroxylamine groups is 4. The van der Waals surface area contributed by atoms with Gasteiger partial charge in [0.1, 0.15) is 23.0 Å². The molecule has 12 heteroatoms. The van der Waals surface area contributed by atoms with Crippen LogP contribution in [0.1, 0.15) is 67.4 Å². The molecule has 2 atom stereocenters. The van der Waals surface area contributed by atoms with Gasteiger partial charge in [-0.15, -0.1) is 0 Å². The fourth-order valence-electron chi connectivity index (χ4n) is 5.97. The van der Waals surface area contributed by atoms with Gasteiger partial charge < -0.3 is 14.4 Å². The van der Waals surface area contributed by atoms with Crippen molar-refractivity contribution in [3.05, 3.63) is 83.4 Å². The summed E-state index contributed by atoms with van der Waals surface area (Å²) < 4.78 is 12.2. The van der Waals surface area contributed by atoms with E-state index in [1.54, 1.807) is 42.5 Å². The van der Waals surface area contributed by atoms with Gasteiger partial charge in [0.05, 0.1) is 0 Å². The van der Waals surface area contributed by atoms with Gasteiger partial charge in [-0.1, -0.05) is 19.3 Å². The van der Waals surface area contributed by atoms with E-state index in [1.807, 2.05) is 4.90 Å². The molecule has 1 aliphatic heterocycles. The second kappa shape index (κ2) is 13.9. The lowest BCUT2D eigenvalue weighted by molar-refractivity contribution is -0.147. The minimum Gasteiger partial charge on any atom is -0.457 e. The third-order valence-corrected chi connectivity index (χ3v) is 8.45. The molecule has 3 amide bonds. The van der Waals surface area contributed by atoms with E-state index in [9.17, 15) is 24.8 Å². The van der Waals surface area contributed by atoms with Gasteiger partial charge in [0.2, 0.25) is 11.8 Å². The van der Waals surface area contributed by atoms with Crippen molar-refractivity contribution >= 4 is 29.4 Å². The Morgan fingerprint density at radius 2 is 1.13 bits per heavy atom. The lowest BCUT2D eigenvalue weighted by Gasteiger charge is -2.41. The fourth-order valence-corrected chi connectivity index (χ4v) is 5.97. The van der Waals surface area contributed by atoms with E-state index in [2.05, 4.69) is 0 Å². The maximum atomic E-state index is 13.8. The minimum absolute atomic E-state index is 0.119. The second-order valence-corrected chi connectivity index (χ2v) is 11.6. The van der Waals surface area contributed by atoms with Crippen LogP contribution in [0.2, 0.25) is 0 Å². The van der Waals surface area contributed by atoms with E-state index in [1.165, 1.54) is 43.5 Å². The molecule has 2 fully saturated rings. The van der Waals surface area contributed by atoms with Gasteiger partial charge in [-0.25, -0.2) is 0 Å². The number of carbonyl (C=O) groups excluding carboxylic acids is 3. The molecule has 5 rings (SSSR count). The Bertz CT molecular complexity index is 1540. The molecular formula is C34H37N5O7. The maximum Gasteiger partial charge on any atom is 0.254 e. The summed E-state index contributed by atoms with van der Waals surface area (Å²) in [4.78, 5) is 38.6. The fraction of sp³-hybridized carbons (Fsp3) is 0.324. The number of nitrogens with one attached hydrogen (secondary N) is 2. The van der Waals surface area contributed by atoms with E-state index in [0.717, 1.165) is 33.2 Å². The van der Waals surface area contributed by atoms with Crippen LogP contribution in [-0.2, 0) is 9.59 Å². The number of piperidine rings is 1. The maximum absolute atomic E-state index is 13.8. The average Bonchev–Trinajstić information content (AvgIpc) is 3.06. The molecule has 3 aromatic carbocycles. The van der Waals surface area contributed by atoms with Gasteiger partial charge in [-0.3, -0.25) is 35.6 Å². The van der Waals surface area contributed by atoms with Crippen LogP contribution < -0.4 is 9.47 Å². The standard InChI is InChI=1S/C34H37N5O7/c1-21(40)38(43)32(35)24-7-11-28(12-8-24)45-30-17-27(34(42)37-16-15-23-5-3-4-6-26(23)20-37)18-31(19-30)46-29-13-9-25(10-14-29)33(36)39(44)22(2)41/h7-14,17-19,23,26,35-36,43-44H,3-6,15-16,20H2,1-2H3.